The second-order valence-electron chi connectivity index (χ2n) is 8.32. The number of pyridine rings is 1. The van der Waals surface area contributed by atoms with Gasteiger partial charge in [-0.1, -0.05) is 30.3 Å². The van der Waals surface area contributed by atoms with Crippen LogP contribution in [0.25, 0.3) is 0 Å². The average molecular weight is 432 g/mol. The third-order valence-corrected chi connectivity index (χ3v) is 6.10. The summed E-state index contributed by atoms with van der Waals surface area (Å²) in [6, 6.07) is 15.5. The molecule has 0 N–H and O–H groups in total. The second kappa shape index (κ2) is 10.2. The molecule has 1 saturated heterocycles. The van der Waals surface area contributed by atoms with E-state index in [0.29, 0.717) is 13.1 Å². The van der Waals surface area contributed by atoms with E-state index in [0.717, 1.165) is 43.6 Å². The SMILES string of the molecule is CN(CCc1ccncc1)C(=O)C1CCN(c2cnn(Cc3ccccc3)c(=O)c2)CC1. The van der Waals surface area contributed by atoms with Gasteiger partial charge < -0.3 is 9.80 Å². The Morgan fingerprint density at radius 1 is 1.06 bits per heavy atom. The van der Waals surface area contributed by atoms with Gasteiger partial charge in [-0.3, -0.25) is 14.6 Å². The maximum Gasteiger partial charge on any atom is 0.269 e. The molecule has 3 aromatic rings. The fourth-order valence-corrected chi connectivity index (χ4v) is 4.12. The number of benzene rings is 1. The number of aromatic nitrogens is 3. The Morgan fingerprint density at radius 3 is 2.47 bits per heavy atom. The van der Waals surface area contributed by atoms with Gasteiger partial charge in [0.1, 0.15) is 0 Å². The molecule has 4 rings (SSSR count). The number of carbonyl (C=O) groups excluding carboxylic acids is 1. The molecule has 0 aliphatic carbocycles. The van der Waals surface area contributed by atoms with Crippen molar-refractivity contribution in [3.05, 3.63) is 88.6 Å². The van der Waals surface area contributed by atoms with E-state index in [-0.39, 0.29) is 17.4 Å². The molecular weight excluding hydrogens is 402 g/mol. The number of hydrogen-bond donors (Lipinski definition) is 0. The molecule has 0 bridgehead atoms. The van der Waals surface area contributed by atoms with Gasteiger partial charge in [0, 0.05) is 51.1 Å². The van der Waals surface area contributed by atoms with Gasteiger partial charge in [-0.25, -0.2) is 4.68 Å². The van der Waals surface area contributed by atoms with Crippen LogP contribution in [0.1, 0.15) is 24.0 Å². The highest BCUT2D eigenvalue weighted by Crippen LogP contribution is 2.23. The van der Waals surface area contributed by atoms with Crippen LogP contribution in [0.15, 0.2) is 71.9 Å². The minimum absolute atomic E-state index is 0.0279. The Kier molecular flexibility index (Phi) is 6.94. The van der Waals surface area contributed by atoms with Crippen molar-refractivity contribution in [1.29, 1.82) is 0 Å². The van der Waals surface area contributed by atoms with Crippen molar-refractivity contribution >= 4 is 11.6 Å². The lowest BCUT2D eigenvalue weighted by Gasteiger charge is -2.34. The predicted molar refractivity (Wildman–Crippen MR) is 125 cm³/mol. The summed E-state index contributed by atoms with van der Waals surface area (Å²) in [5.74, 6) is 0.232. The van der Waals surface area contributed by atoms with Crippen LogP contribution < -0.4 is 10.5 Å². The molecule has 0 atom stereocenters. The first-order valence-electron chi connectivity index (χ1n) is 11.1. The van der Waals surface area contributed by atoms with E-state index in [2.05, 4.69) is 15.0 Å². The van der Waals surface area contributed by atoms with Crippen molar-refractivity contribution in [1.82, 2.24) is 19.7 Å². The minimum atomic E-state index is -0.111. The number of nitrogens with zero attached hydrogens (tertiary/aromatic N) is 5. The van der Waals surface area contributed by atoms with Gasteiger partial charge >= 0.3 is 0 Å². The van der Waals surface area contributed by atoms with Crippen LogP contribution >= 0.6 is 0 Å². The van der Waals surface area contributed by atoms with E-state index in [9.17, 15) is 9.59 Å². The topological polar surface area (TPSA) is 71.3 Å². The molecule has 0 spiro atoms. The highest BCUT2D eigenvalue weighted by atomic mass is 16.2. The van der Waals surface area contributed by atoms with Crippen LogP contribution in [0.3, 0.4) is 0 Å². The smallest absolute Gasteiger partial charge is 0.269 e. The van der Waals surface area contributed by atoms with Gasteiger partial charge in [-0.2, -0.15) is 5.10 Å². The largest absolute Gasteiger partial charge is 0.370 e. The van der Waals surface area contributed by atoms with Gasteiger partial charge in [0.2, 0.25) is 5.91 Å². The number of piperidine rings is 1. The van der Waals surface area contributed by atoms with E-state index in [1.807, 2.05) is 54.4 Å². The lowest BCUT2D eigenvalue weighted by molar-refractivity contribution is -0.134. The van der Waals surface area contributed by atoms with Gasteiger partial charge in [0.25, 0.3) is 5.56 Å². The molecule has 1 amide bonds. The van der Waals surface area contributed by atoms with Gasteiger partial charge in [-0.05, 0) is 42.5 Å². The van der Waals surface area contributed by atoms with Crippen molar-refractivity contribution in [2.75, 3.05) is 31.6 Å². The molecule has 1 aromatic carbocycles. The predicted octanol–water partition coefficient (Wildman–Crippen LogP) is 2.60. The maximum atomic E-state index is 12.9. The van der Waals surface area contributed by atoms with E-state index >= 15 is 0 Å². The molecule has 0 saturated carbocycles. The van der Waals surface area contributed by atoms with E-state index in [1.54, 1.807) is 24.7 Å². The van der Waals surface area contributed by atoms with Gasteiger partial charge in [-0.15, -0.1) is 0 Å². The van der Waals surface area contributed by atoms with Crippen molar-refractivity contribution in [2.45, 2.75) is 25.8 Å². The summed E-state index contributed by atoms with van der Waals surface area (Å²) in [7, 11) is 1.88. The van der Waals surface area contributed by atoms with Gasteiger partial charge in [0.05, 0.1) is 18.4 Å². The molecule has 32 heavy (non-hydrogen) atoms. The zero-order valence-electron chi connectivity index (χ0n) is 18.4. The quantitative estimate of drug-likeness (QED) is 0.575. The number of hydrogen-bond acceptors (Lipinski definition) is 5. The Labute approximate surface area is 188 Å². The van der Waals surface area contributed by atoms with E-state index in [1.165, 1.54) is 10.2 Å². The second-order valence-corrected chi connectivity index (χ2v) is 8.32. The van der Waals surface area contributed by atoms with Crippen LogP contribution in [-0.2, 0) is 17.8 Å². The van der Waals surface area contributed by atoms with Crippen LogP contribution in [0.5, 0.6) is 0 Å². The molecule has 2 aromatic heterocycles. The van der Waals surface area contributed by atoms with Crippen LogP contribution in [0.4, 0.5) is 5.69 Å². The molecule has 0 unspecified atom stereocenters. The maximum absolute atomic E-state index is 12.9. The van der Waals surface area contributed by atoms with Crippen LogP contribution in [-0.4, -0.2) is 52.3 Å². The molecule has 1 fully saturated rings. The lowest BCUT2D eigenvalue weighted by Crippen LogP contribution is -2.42. The number of anilines is 1. The number of amides is 1. The summed E-state index contributed by atoms with van der Waals surface area (Å²) in [4.78, 5) is 33.4. The first kappa shape index (κ1) is 21.7. The molecule has 166 valence electrons. The lowest BCUT2D eigenvalue weighted by atomic mass is 9.95. The average Bonchev–Trinajstić information content (AvgIpc) is 2.85. The third-order valence-electron chi connectivity index (χ3n) is 6.10. The Hall–Kier alpha value is -3.48. The van der Waals surface area contributed by atoms with E-state index in [4.69, 9.17) is 0 Å². The van der Waals surface area contributed by atoms with Crippen LogP contribution in [0.2, 0.25) is 0 Å². The number of carbonyl (C=O) groups is 1. The molecule has 7 nitrogen and oxygen atoms in total. The molecule has 0 radical (unpaired) electrons. The Balaban J connectivity index is 1.29. The molecule has 1 aliphatic heterocycles. The highest BCUT2D eigenvalue weighted by molar-refractivity contribution is 5.79. The first-order chi connectivity index (χ1) is 15.6. The fraction of sp³-hybridized carbons (Fsp3) is 0.360. The summed E-state index contributed by atoms with van der Waals surface area (Å²) in [5, 5.41) is 4.37. The first-order valence-corrected chi connectivity index (χ1v) is 11.1. The van der Waals surface area contributed by atoms with Crippen molar-refractivity contribution in [2.24, 2.45) is 5.92 Å². The van der Waals surface area contributed by atoms with Gasteiger partial charge in [0.15, 0.2) is 0 Å². The highest BCUT2D eigenvalue weighted by Gasteiger charge is 2.27. The molecule has 1 aliphatic rings. The third kappa shape index (κ3) is 5.41. The molecule has 7 heteroatoms. The summed E-state index contributed by atoms with van der Waals surface area (Å²) in [5.41, 5.74) is 2.95. The van der Waals surface area contributed by atoms with Crippen molar-refractivity contribution in [3.8, 4) is 0 Å². The fourth-order valence-electron chi connectivity index (χ4n) is 4.12. The summed E-state index contributed by atoms with van der Waals surface area (Å²) >= 11 is 0. The zero-order chi connectivity index (χ0) is 22.3. The van der Waals surface area contributed by atoms with Crippen molar-refractivity contribution < 1.29 is 4.79 Å². The van der Waals surface area contributed by atoms with E-state index < -0.39 is 0 Å². The summed E-state index contributed by atoms with van der Waals surface area (Å²) in [6.07, 6.45) is 7.71. The Bertz CT molecular complexity index is 1080. The molecule has 3 heterocycles. The minimum Gasteiger partial charge on any atom is -0.370 e. The number of rotatable bonds is 7. The Morgan fingerprint density at radius 2 is 1.78 bits per heavy atom. The summed E-state index contributed by atoms with van der Waals surface area (Å²) < 4.78 is 1.48. The van der Waals surface area contributed by atoms with Crippen LogP contribution in [0, 0.1) is 5.92 Å². The standard InChI is InChI=1S/C25H29N5O2/c1-28(14-9-20-7-12-26-13-8-20)25(32)22-10-15-29(16-11-22)23-17-24(31)30(27-18-23)19-21-5-3-2-4-6-21/h2-8,12-13,17-18,22H,9-11,14-16,19H2,1H3. The zero-order valence-corrected chi connectivity index (χ0v) is 18.4. The normalized spacial score (nSPS) is 14.3. The molecular formula is C25H29N5O2. The van der Waals surface area contributed by atoms with Crippen molar-refractivity contribution in [3.63, 3.8) is 0 Å². The monoisotopic (exact) mass is 431 g/mol. The summed E-state index contributed by atoms with van der Waals surface area (Å²) in [6.45, 7) is 2.66. The number of likely N-dealkylation sites (N-methyl/N-ethyl adjacent to an activating group) is 1.